The predicted octanol–water partition coefficient (Wildman–Crippen LogP) is 1.41. The SMILES string of the molecule is COc1ccc(C(NC(=O)CS(=O)(=O)C(C)C)C(=O)O)cc1Cl. The van der Waals surface area contributed by atoms with Crippen molar-refractivity contribution in [3.8, 4) is 5.75 Å². The van der Waals surface area contributed by atoms with E-state index in [1.165, 1.54) is 39.2 Å². The molecule has 0 bridgehead atoms. The van der Waals surface area contributed by atoms with E-state index in [4.69, 9.17) is 16.3 Å². The van der Waals surface area contributed by atoms with E-state index in [0.717, 1.165) is 0 Å². The molecule has 1 aromatic carbocycles. The van der Waals surface area contributed by atoms with E-state index >= 15 is 0 Å². The smallest absolute Gasteiger partial charge is 0.330 e. The lowest BCUT2D eigenvalue weighted by Gasteiger charge is -2.16. The minimum absolute atomic E-state index is 0.181. The highest BCUT2D eigenvalue weighted by Crippen LogP contribution is 2.27. The van der Waals surface area contributed by atoms with Crippen LogP contribution in [0.5, 0.6) is 5.75 Å². The standard InChI is InChI=1S/C14H18ClNO6S/c1-8(2)23(20,21)7-12(17)16-13(14(18)19)9-4-5-11(22-3)10(15)6-9/h4-6,8,13H,7H2,1-3H3,(H,16,17)(H,18,19). The highest BCUT2D eigenvalue weighted by Gasteiger charge is 2.27. The molecule has 0 aliphatic heterocycles. The fraction of sp³-hybridized carbons (Fsp3) is 0.429. The minimum Gasteiger partial charge on any atom is -0.495 e. The summed E-state index contributed by atoms with van der Waals surface area (Å²) >= 11 is 5.94. The van der Waals surface area contributed by atoms with Crippen LogP contribution in [0.15, 0.2) is 18.2 Å². The van der Waals surface area contributed by atoms with Crippen LogP contribution in [-0.4, -0.2) is 43.5 Å². The van der Waals surface area contributed by atoms with Gasteiger partial charge in [-0.3, -0.25) is 4.79 Å². The topological polar surface area (TPSA) is 110 Å². The van der Waals surface area contributed by atoms with Crippen molar-refractivity contribution in [2.45, 2.75) is 25.1 Å². The number of carbonyl (C=O) groups excluding carboxylic acids is 1. The first-order valence-corrected chi connectivity index (χ1v) is 8.75. The van der Waals surface area contributed by atoms with E-state index in [9.17, 15) is 23.1 Å². The molecule has 0 saturated heterocycles. The maximum atomic E-state index is 11.8. The van der Waals surface area contributed by atoms with E-state index in [1.54, 1.807) is 0 Å². The minimum atomic E-state index is -3.62. The summed E-state index contributed by atoms with van der Waals surface area (Å²) in [5, 5.41) is 10.9. The second-order valence-electron chi connectivity index (χ2n) is 5.09. The third-order valence-electron chi connectivity index (χ3n) is 3.11. The van der Waals surface area contributed by atoms with Crippen LogP contribution in [0.2, 0.25) is 5.02 Å². The number of nitrogens with one attached hydrogen (secondary N) is 1. The zero-order valence-corrected chi connectivity index (χ0v) is 14.4. The normalized spacial score (nSPS) is 12.7. The van der Waals surface area contributed by atoms with Gasteiger partial charge >= 0.3 is 5.97 Å². The summed E-state index contributed by atoms with van der Waals surface area (Å²) in [5.41, 5.74) is 0.207. The summed E-state index contributed by atoms with van der Waals surface area (Å²) < 4.78 is 28.4. The summed E-state index contributed by atoms with van der Waals surface area (Å²) in [6, 6.07) is 2.83. The molecule has 0 aromatic heterocycles. The van der Waals surface area contributed by atoms with Crippen LogP contribution in [0, 0.1) is 0 Å². The predicted molar refractivity (Wildman–Crippen MR) is 85.4 cm³/mol. The van der Waals surface area contributed by atoms with Gasteiger partial charge in [-0.1, -0.05) is 17.7 Å². The average molecular weight is 364 g/mol. The zero-order chi connectivity index (χ0) is 17.8. The zero-order valence-electron chi connectivity index (χ0n) is 12.9. The summed E-state index contributed by atoms with van der Waals surface area (Å²) in [7, 11) is -2.21. The summed E-state index contributed by atoms with van der Waals surface area (Å²) in [6.45, 7) is 2.89. The molecule has 0 saturated carbocycles. The Balaban J connectivity index is 2.98. The Kier molecular flexibility index (Phi) is 6.40. The molecule has 1 atom stereocenters. The van der Waals surface area contributed by atoms with Gasteiger partial charge in [0, 0.05) is 0 Å². The van der Waals surface area contributed by atoms with Crippen molar-refractivity contribution < 1.29 is 27.9 Å². The fourth-order valence-electron chi connectivity index (χ4n) is 1.70. The highest BCUT2D eigenvalue weighted by atomic mass is 35.5. The summed E-state index contributed by atoms with van der Waals surface area (Å²) in [5.74, 6) is -2.65. The molecule has 0 aliphatic carbocycles. The molecule has 1 rings (SSSR count). The van der Waals surface area contributed by atoms with E-state index in [2.05, 4.69) is 5.32 Å². The maximum Gasteiger partial charge on any atom is 0.330 e. The number of carbonyl (C=O) groups is 2. The van der Waals surface area contributed by atoms with Crippen molar-refractivity contribution in [2.75, 3.05) is 12.9 Å². The number of benzene rings is 1. The molecular weight excluding hydrogens is 346 g/mol. The van der Waals surface area contributed by atoms with Crippen molar-refractivity contribution in [1.82, 2.24) is 5.32 Å². The molecule has 0 heterocycles. The molecule has 1 amide bonds. The molecule has 0 fully saturated rings. The average Bonchev–Trinajstić information content (AvgIpc) is 2.43. The van der Waals surface area contributed by atoms with E-state index in [0.29, 0.717) is 5.75 Å². The second-order valence-corrected chi connectivity index (χ2v) is 8.05. The van der Waals surface area contributed by atoms with E-state index in [1.807, 2.05) is 0 Å². The van der Waals surface area contributed by atoms with Gasteiger partial charge in [0.2, 0.25) is 5.91 Å². The third kappa shape index (κ3) is 5.11. The molecule has 0 aliphatic rings. The van der Waals surface area contributed by atoms with Gasteiger partial charge in [-0.25, -0.2) is 13.2 Å². The molecule has 7 nitrogen and oxygen atoms in total. The number of ether oxygens (including phenoxy) is 1. The number of hydrogen-bond acceptors (Lipinski definition) is 5. The van der Waals surface area contributed by atoms with Gasteiger partial charge in [0.05, 0.1) is 17.4 Å². The molecule has 23 heavy (non-hydrogen) atoms. The Bertz CT molecular complexity index is 701. The van der Waals surface area contributed by atoms with Crippen molar-refractivity contribution in [3.63, 3.8) is 0 Å². The summed E-state index contributed by atoms with van der Waals surface area (Å²) in [4.78, 5) is 23.2. The molecule has 9 heteroatoms. The molecule has 2 N–H and O–H groups in total. The van der Waals surface area contributed by atoms with E-state index in [-0.39, 0.29) is 10.6 Å². The van der Waals surface area contributed by atoms with Gasteiger partial charge in [0.25, 0.3) is 0 Å². The van der Waals surface area contributed by atoms with Crippen molar-refractivity contribution in [1.29, 1.82) is 0 Å². The molecular formula is C14H18ClNO6S. The maximum absolute atomic E-state index is 11.8. The van der Waals surface area contributed by atoms with Gasteiger partial charge in [-0.05, 0) is 31.5 Å². The van der Waals surface area contributed by atoms with Crippen LogP contribution in [0.1, 0.15) is 25.5 Å². The van der Waals surface area contributed by atoms with Crippen molar-refractivity contribution in [2.24, 2.45) is 0 Å². The number of aliphatic carboxylic acids is 1. The fourth-order valence-corrected chi connectivity index (χ4v) is 2.75. The third-order valence-corrected chi connectivity index (χ3v) is 5.51. The lowest BCUT2D eigenvalue weighted by atomic mass is 10.1. The Labute approximate surface area is 139 Å². The van der Waals surface area contributed by atoms with Crippen LogP contribution < -0.4 is 10.1 Å². The number of rotatable bonds is 7. The Morgan fingerprint density at radius 2 is 1.96 bits per heavy atom. The molecule has 1 unspecified atom stereocenters. The molecule has 1 aromatic rings. The Morgan fingerprint density at radius 3 is 2.39 bits per heavy atom. The highest BCUT2D eigenvalue weighted by molar-refractivity contribution is 7.92. The largest absolute Gasteiger partial charge is 0.495 e. The van der Waals surface area contributed by atoms with E-state index < -0.39 is 38.8 Å². The van der Waals surface area contributed by atoms with Gasteiger partial charge in [-0.2, -0.15) is 0 Å². The van der Waals surface area contributed by atoms with Crippen LogP contribution in [0.4, 0.5) is 0 Å². The lowest BCUT2D eigenvalue weighted by Crippen LogP contribution is -2.38. The summed E-state index contributed by atoms with van der Waals surface area (Å²) in [6.07, 6.45) is 0. The van der Waals surface area contributed by atoms with Gasteiger partial charge in [0.15, 0.2) is 15.9 Å². The van der Waals surface area contributed by atoms with Crippen LogP contribution in [0.25, 0.3) is 0 Å². The lowest BCUT2D eigenvalue weighted by molar-refractivity contribution is -0.141. The molecule has 0 radical (unpaired) electrons. The molecule has 0 spiro atoms. The second kappa shape index (κ2) is 7.65. The van der Waals surface area contributed by atoms with Gasteiger partial charge in [0.1, 0.15) is 11.5 Å². The monoisotopic (exact) mass is 363 g/mol. The van der Waals surface area contributed by atoms with Crippen LogP contribution >= 0.6 is 11.6 Å². The first-order valence-electron chi connectivity index (χ1n) is 6.65. The number of hydrogen-bond donors (Lipinski definition) is 2. The number of sulfone groups is 1. The first kappa shape index (κ1) is 19.2. The number of carboxylic acids is 1. The molecule has 128 valence electrons. The Hall–Kier alpha value is -1.80. The number of halogens is 1. The van der Waals surface area contributed by atoms with Crippen LogP contribution in [0.3, 0.4) is 0 Å². The van der Waals surface area contributed by atoms with Gasteiger partial charge < -0.3 is 15.2 Å². The first-order chi connectivity index (χ1) is 10.6. The number of methoxy groups -OCH3 is 1. The Morgan fingerprint density at radius 1 is 1.35 bits per heavy atom. The van der Waals surface area contributed by atoms with Crippen LogP contribution in [-0.2, 0) is 19.4 Å². The number of amides is 1. The van der Waals surface area contributed by atoms with Gasteiger partial charge in [-0.15, -0.1) is 0 Å². The van der Waals surface area contributed by atoms with Crippen molar-refractivity contribution in [3.05, 3.63) is 28.8 Å². The van der Waals surface area contributed by atoms with Crippen molar-refractivity contribution >= 4 is 33.3 Å². The quantitative estimate of drug-likeness (QED) is 0.758. The number of carboxylic acid groups (broad SMARTS) is 1.